The van der Waals surface area contributed by atoms with Gasteiger partial charge in [-0.15, -0.1) is 0 Å². The molecule has 0 spiro atoms. The van der Waals surface area contributed by atoms with Crippen LogP contribution < -0.4 is 11.1 Å². The molecule has 0 radical (unpaired) electrons. The van der Waals surface area contributed by atoms with Gasteiger partial charge >= 0.3 is 0 Å². The van der Waals surface area contributed by atoms with Gasteiger partial charge in [0.1, 0.15) is 5.82 Å². The summed E-state index contributed by atoms with van der Waals surface area (Å²) in [6.45, 7) is 0.829. The molecule has 1 aliphatic rings. The van der Waals surface area contributed by atoms with Crippen molar-refractivity contribution in [2.75, 3.05) is 11.9 Å². The summed E-state index contributed by atoms with van der Waals surface area (Å²) < 4.78 is 4.37. The smallest absolute Gasteiger partial charge is 0.202 e. The van der Waals surface area contributed by atoms with Crippen molar-refractivity contribution in [3.63, 3.8) is 0 Å². The highest BCUT2D eigenvalue weighted by Gasteiger charge is 2.27. The molecule has 2 aromatic rings. The summed E-state index contributed by atoms with van der Waals surface area (Å²) in [5.74, 6) is 1.64. The van der Waals surface area contributed by atoms with Gasteiger partial charge in [0.2, 0.25) is 5.13 Å². The van der Waals surface area contributed by atoms with E-state index in [1.807, 2.05) is 18.2 Å². The van der Waals surface area contributed by atoms with Crippen LogP contribution in [-0.4, -0.2) is 15.9 Å². The lowest BCUT2D eigenvalue weighted by molar-refractivity contribution is 0.675. The van der Waals surface area contributed by atoms with Gasteiger partial charge in [0, 0.05) is 30.0 Å². The van der Waals surface area contributed by atoms with Crippen molar-refractivity contribution in [1.82, 2.24) is 9.36 Å². The maximum absolute atomic E-state index is 6.15. The van der Waals surface area contributed by atoms with Crippen LogP contribution in [0.3, 0.4) is 0 Å². The third-order valence-electron chi connectivity index (χ3n) is 3.34. The van der Waals surface area contributed by atoms with Crippen LogP contribution in [0.4, 0.5) is 5.13 Å². The first kappa shape index (κ1) is 12.6. The van der Waals surface area contributed by atoms with Gasteiger partial charge in [0.05, 0.1) is 0 Å². The molecule has 1 fully saturated rings. The van der Waals surface area contributed by atoms with Gasteiger partial charge in [0.15, 0.2) is 0 Å². The van der Waals surface area contributed by atoms with E-state index in [4.69, 9.17) is 5.73 Å². The molecule has 1 aliphatic carbocycles. The second-order valence-electron chi connectivity index (χ2n) is 4.96. The number of anilines is 1. The van der Waals surface area contributed by atoms with Crippen LogP contribution in [0.25, 0.3) is 0 Å². The Balaban J connectivity index is 1.47. The van der Waals surface area contributed by atoms with Crippen LogP contribution in [-0.2, 0) is 0 Å². The van der Waals surface area contributed by atoms with Crippen molar-refractivity contribution >= 4 is 16.7 Å². The molecule has 19 heavy (non-hydrogen) atoms. The molecule has 1 aromatic carbocycles. The summed E-state index contributed by atoms with van der Waals surface area (Å²) in [6, 6.07) is 10.3. The quantitative estimate of drug-likeness (QED) is 0.850. The van der Waals surface area contributed by atoms with Crippen LogP contribution in [0.1, 0.15) is 42.6 Å². The minimum absolute atomic E-state index is 0.0736. The molecule has 1 saturated carbocycles. The molecular weight excluding hydrogens is 256 g/mol. The first-order chi connectivity index (χ1) is 9.33. The third-order valence-corrected chi connectivity index (χ3v) is 4.03. The monoisotopic (exact) mass is 274 g/mol. The Morgan fingerprint density at radius 3 is 2.84 bits per heavy atom. The lowest BCUT2D eigenvalue weighted by atomic mass is 10.1. The highest BCUT2D eigenvalue weighted by atomic mass is 32.1. The van der Waals surface area contributed by atoms with Gasteiger partial charge < -0.3 is 11.1 Å². The number of nitrogens with two attached hydrogens (primary N) is 1. The molecular formula is C14H18N4S. The van der Waals surface area contributed by atoms with Crippen LogP contribution >= 0.6 is 11.5 Å². The van der Waals surface area contributed by atoms with E-state index in [0.717, 1.165) is 23.9 Å². The van der Waals surface area contributed by atoms with Crippen molar-refractivity contribution in [2.45, 2.75) is 31.2 Å². The van der Waals surface area contributed by atoms with Crippen molar-refractivity contribution in [1.29, 1.82) is 0 Å². The van der Waals surface area contributed by atoms with E-state index in [1.165, 1.54) is 29.9 Å². The summed E-state index contributed by atoms with van der Waals surface area (Å²) in [6.07, 6.45) is 3.38. The number of hydrogen-bond donors (Lipinski definition) is 2. The number of benzene rings is 1. The fourth-order valence-electron chi connectivity index (χ4n) is 2.02. The molecule has 3 rings (SSSR count). The Morgan fingerprint density at radius 2 is 2.11 bits per heavy atom. The van der Waals surface area contributed by atoms with E-state index in [9.17, 15) is 0 Å². The minimum Gasteiger partial charge on any atom is -0.360 e. The normalized spacial score (nSPS) is 16.3. The molecule has 0 saturated heterocycles. The predicted molar refractivity (Wildman–Crippen MR) is 78.4 cm³/mol. The van der Waals surface area contributed by atoms with Gasteiger partial charge in [0.25, 0.3) is 0 Å². The van der Waals surface area contributed by atoms with Crippen molar-refractivity contribution < 1.29 is 0 Å². The van der Waals surface area contributed by atoms with E-state index < -0.39 is 0 Å². The standard InChI is InChI=1S/C14H18N4S/c15-12(10-4-2-1-3-5-10)8-9-16-14-17-13(18-19-14)11-6-7-11/h1-5,11-12H,6-9,15H2,(H,16,17,18). The van der Waals surface area contributed by atoms with E-state index in [0.29, 0.717) is 5.92 Å². The molecule has 100 valence electrons. The zero-order chi connectivity index (χ0) is 13.1. The summed E-state index contributed by atoms with van der Waals surface area (Å²) in [4.78, 5) is 4.50. The number of hydrogen-bond acceptors (Lipinski definition) is 5. The Hall–Kier alpha value is -1.46. The van der Waals surface area contributed by atoms with Crippen molar-refractivity contribution in [3.8, 4) is 0 Å². The Bertz CT molecular complexity index is 521. The second kappa shape index (κ2) is 5.67. The maximum Gasteiger partial charge on any atom is 0.202 e. The highest BCUT2D eigenvalue weighted by molar-refractivity contribution is 7.09. The molecule has 0 aliphatic heterocycles. The van der Waals surface area contributed by atoms with Gasteiger partial charge in [-0.05, 0) is 24.8 Å². The van der Waals surface area contributed by atoms with Crippen molar-refractivity contribution in [2.24, 2.45) is 5.73 Å². The predicted octanol–water partition coefficient (Wildman–Crippen LogP) is 2.92. The largest absolute Gasteiger partial charge is 0.360 e. The molecule has 1 aromatic heterocycles. The zero-order valence-electron chi connectivity index (χ0n) is 10.7. The van der Waals surface area contributed by atoms with Crippen LogP contribution in [0.5, 0.6) is 0 Å². The van der Waals surface area contributed by atoms with Gasteiger partial charge in [-0.25, -0.2) is 4.98 Å². The first-order valence-electron chi connectivity index (χ1n) is 6.71. The molecule has 1 heterocycles. The molecule has 0 bridgehead atoms. The fraction of sp³-hybridized carbons (Fsp3) is 0.429. The average molecular weight is 274 g/mol. The van der Waals surface area contributed by atoms with Gasteiger partial charge in [-0.1, -0.05) is 30.3 Å². The van der Waals surface area contributed by atoms with Crippen LogP contribution in [0.15, 0.2) is 30.3 Å². The van der Waals surface area contributed by atoms with Gasteiger partial charge in [-0.3, -0.25) is 0 Å². The number of aromatic nitrogens is 2. The van der Waals surface area contributed by atoms with E-state index in [1.54, 1.807) is 0 Å². The second-order valence-corrected chi connectivity index (χ2v) is 5.72. The number of nitrogens with one attached hydrogen (secondary N) is 1. The Kier molecular flexibility index (Phi) is 3.75. The highest BCUT2D eigenvalue weighted by Crippen LogP contribution is 2.39. The minimum atomic E-state index is 0.0736. The SMILES string of the molecule is NC(CCNc1nc(C2CC2)ns1)c1ccccc1. The molecule has 4 nitrogen and oxygen atoms in total. The molecule has 0 amide bonds. The van der Waals surface area contributed by atoms with Crippen molar-refractivity contribution in [3.05, 3.63) is 41.7 Å². The lowest BCUT2D eigenvalue weighted by Crippen LogP contribution is -2.15. The van der Waals surface area contributed by atoms with Crippen LogP contribution in [0, 0.1) is 0 Å². The number of rotatable bonds is 6. The maximum atomic E-state index is 6.15. The molecule has 5 heteroatoms. The van der Waals surface area contributed by atoms with Crippen LogP contribution in [0.2, 0.25) is 0 Å². The lowest BCUT2D eigenvalue weighted by Gasteiger charge is -2.11. The molecule has 3 N–H and O–H groups in total. The summed E-state index contributed by atoms with van der Waals surface area (Å²) in [7, 11) is 0. The molecule has 1 atom stereocenters. The van der Waals surface area contributed by atoms with E-state index >= 15 is 0 Å². The Morgan fingerprint density at radius 1 is 1.32 bits per heavy atom. The molecule has 1 unspecified atom stereocenters. The number of nitrogens with zero attached hydrogens (tertiary/aromatic N) is 2. The third kappa shape index (κ3) is 3.30. The Labute approximate surface area is 117 Å². The fourth-order valence-corrected chi connectivity index (χ4v) is 2.69. The topological polar surface area (TPSA) is 63.8 Å². The van der Waals surface area contributed by atoms with E-state index in [-0.39, 0.29) is 6.04 Å². The summed E-state index contributed by atoms with van der Waals surface area (Å²) in [5, 5.41) is 4.23. The summed E-state index contributed by atoms with van der Waals surface area (Å²) >= 11 is 1.45. The average Bonchev–Trinajstić information content (AvgIpc) is 3.20. The van der Waals surface area contributed by atoms with E-state index in [2.05, 4.69) is 26.8 Å². The summed E-state index contributed by atoms with van der Waals surface area (Å²) in [5.41, 5.74) is 7.33. The first-order valence-corrected chi connectivity index (χ1v) is 7.48. The van der Waals surface area contributed by atoms with Gasteiger partial charge in [-0.2, -0.15) is 4.37 Å². The zero-order valence-corrected chi connectivity index (χ0v) is 11.6.